The fourth-order valence-corrected chi connectivity index (χ4v) is 2.94. The predicted molar refractivity (Wildman–Crippen MR) is 85.9 cm³/mol. The zero-order chi connectivity index (χ0) is 14.4. The van der Waals surface area contributed by atoms with Crippen molar-refractivity contribution in [3.63, 3.8) is 0 Å². The van der Waals surface area contributed by atoms with Gasteiger partial charge in [0.15, 0.2) is 0 Å². The lowest BCUT2D eigenvalue weighted by Crippen LogP contribution is -2.28. The molecule has 1 heterocycles. The van der Waals surface area contributed by atoms with Crippen LogP contribution in [0.5, 0.6) is 5.75 Å². The molecular weight excluding hydrogens is 270 g/mol. The molecule has 0 aliphatic carbocycles. The Bertz CT molecular complexity index is 415. The van der Waals surface area contributed by atoms with Crippen LogP contribution >= 0.6 is 11.6 Å². The molecule has 1 aromatic rings. The Hall–Kier alpha value is -0.730. The van der Waals surface area contributed by atoms with Gasteiger partial charge in [0.05, 0.1) is 6.61 Å². The number of hydrogen-bond donors (Lipinski definition) is 1. The fourth-order valence-electron chi connectivity index (χ4n) is 2.76. The lowest BCUT2D eigenvalue weighted by Gasteiger charge is -2.23. The highest BCUT2D eigenvalue weighted by Crippen LogP contribution is 2.31. The van der Waals surface area contributed by atoms with E-state index in [2.05, 4.69) is 25.2 Å². The Morgan fingerprint density at radius 3 is 2.80 bits per heavy atom. The second-order valence-corrected chi connectivity index (χ2v) is 6.26. The molecule has 112 valence electrons. The van der Waals surface area contributed by atoms with Crippen LogP contribution in [-0.4, -0.2) is 19.7 Å². The number of piperidine rings is 1. The van der Waals surface area contributed by atoms with Crippen LogP contribution in [0.25, 0.3) is 0 Å². The van der Waals surface area contributed by atoms with Crippen molar-refractivity contribution in [2.75, 3.05) is 19.7 Å². The Morgan fingerprint density at radius 2 is 2.10 bits per heavy atom. The van der Waals surface area contributed by atoms with Crippen molar-refractivity contribution in [2.45, 2.75) is 45.4 Å². The van der Waals surface area contributed by atoms with Crippen molar-refractivity contribution in [3.05, 3.63) is 28.8 Å². The summed E-state index contributed by atoms with van der Waals surface area (Å²) >= 11 is 6.11. The maximum atomic E-state index is 6.11. The molecule has 0 saturated carbocycles. The van der Waals surface area contributed by atoms with Crippen LogP contribution in [-0.2, 0) is 0 Å². The number of rotatable bonds is 6. The number of nitrogens with one attached hydrogen (secondary N) is 1. The highest BCUT2D eigenvalue weighted by Gasteiger charge is 2.14. The normalized spacial score (nSPS) is 17.9. The second-order valence-electron chi connectivity index (χ2n) is 5.82. The van der Waals surface area contributed by atoms with Crippen LogP contribution < -0.4 is 10.1 Å². The number of ether oxygens (including phenoxy) is 1. The Kier molecular flexibility index (Phi) is 6.18. The molecular formula is C17H26ClNO. The van der Waals surface area contributed by atoms with Crippen LogP contribution in [0.2, 0.25) is 5.02 Å². The van der Waals surface area contributed by atoms with Gasteiger partial charge >= 0.3 is 0 Å². The van der Waals surface area contributed by atoms with Crippen LogP contribution in [0.3, 0.4) is 0 Å². The van der Waals surface area contributed by atoms with Gasteiger partial charge in [-0.1, -0.05) is 25.4 Å². The van der Waals surface area contributed by atoms with Crippen LogP contribution in [0.4, 0.5) is 0 Å². The molecule has 1 fully saturated rings. The molecule has 3 heteroatoms. The fraction of sp³-hybridized carbons (Fsp3) is 0.647. The van der Waals surface area contributed by atoms with Gasteiger partial charge in [-0.25, -0.2) is 0 Å². The molecule has 1 aromatic carbocycles. The van der Waals surface area contributed by atoms with Gasteiger partial charge in [-0.05, 0) is 74.4 Å². The van der Waals surface area contributed by atoms with E-state index < -0.39 is 0 Å². The summed E-state index contributed by atoms with van der Waals surface area (Å²) in [5, 5.41) is 4.20. The zero-order valence-corrected chi connectivity index (χ0v) is 13.4. The summed E-state index contributed by atoms with van der Waals surface area (Å²) in [5.41, 5.74) is 1.24. The third-order valence-electron chi connectivity index (χ3n) is 4.36. The minimum atomic E-state index is 0.489. The third kappa shape index (κ3) is 4.39. The minimum absolute atomic E-state index is 0.489. The average Bonchev–Trinajstić information content (AvgIpc) is 2.49. The monoisotopic (exact) mass is 295 g/mol. The number of benzene rings is 1. The summed E-state index contributed by atoms with van der Waals surface area (Å²) in [6.07, 6.45) is 4.82. The SMILES string of the molecule is CC[C@H](C)c1cc(Cl)ccc1OCCC1CCNCC1. The lowest BCUT2D eigenvalue weighted by atomic mass is 9.95. The van der Waals surface area contributed by atoms with Gasteiger partial charge in [0.2, 0.25) is 0 Å². The van der Waals surface area contributed by atoms with E-state index in [1.165, 1.54) is 18.4 Å². The highest BCUT2D eigenvalue weighted by atomic mass is 35.5. The van der Waals surface area contributed by atoms with Crippen molar-refractivity contribution < 1.29 is 4.74 Å². The van der Waals surface area contributed by atoms with Gasteiger partial charge < -0.3 is 10.1 Å². The average molecular weight is 296 g/mol. The summed E-state index contributed by atoms with van der Waals surface area (Å²) < 4.78 is 6.04. The Balaban J connectivity index is 1.91. The van der Waals surface area contributed by atoms with Gasteiger partial charge in [0, 0.05) is 5.02 Å². The van der Waals surface area contributed by atoms with Gasteiger partial charge in [0.1, 0.15) is 5.75 Å². The molecule has 0 unspecified atom stereocenters. The van der Waals surface area contributed by atoms with Crippen molar-refractivity contribution in [1.29, 1.82) is 0 Å². The Labute approximate surface area is 127 Å². The molecule has 20 heavy (non-hydrogen) atoms. The van der Waals surface area contributed by atoms with E-state index >= 15 is 0 Å². The Morgan fingerprint density at radius 1 is 1.35 bits per heavy atom. The van der Waals surface area contributed by atoms with Crippen LogP contribution in [0.1, 0.15) is 51.0 Å². The summed E-state index contributed by atoms with van der Waals surface area (Å²) in [6.45, 7) is 7.55. The maximum absolute atomic E-state index is 6.11. The van der Waals surface area contributed by atoms with Gasteiger partial charge in [-0.3, -0.25) is 0 Å². The topological polar surface area (TPSA) is 21.3 Å². The molecule has 1 saturated heterocycles. The molecule has 0 amide bonds. The molecule has 2 nitrogen and oxygen atoms in total. The zero-order valence-electron chi connectivity index (χ0n) is 12.6. The first kappa shape index (κ1) is 15.7. The molecule has 1 atom stereocenters. The van der Waals surface area contributed by atoms with Crippen molar-refractivity contribution in [1.82, 2.24) is 5.32 Å². The van der Waals surface area contributed by atoms with E-state index in [0.29, 0.717) is 5.92 Å². The summed E-state index contributed by atoms with van der Waals surface area (Å²) in [6, 6.07) is 6.00. The van der Waals surface area contributed by atoms with Crippen molar-refractivity contribution >= 4 is 11.6 Å². The second kappa shape index (κ2) is 7.90. The quantitative estimate of drug-likeness (QED) is 0.826. The predicted octanol–water partition coefficient (Wildman–Crippen LogP) is 4.62. The van der Waals surface area contributed by atoms with Crippen LogP contribution in [0.15, 0.2) is 18.2 Å². The van der Waals surface area contributed by atoms with E-state index in [-0.39, 0.29) is 0 Å². The van der Waals surface area contributed by atoms with Crippen molar-refractivity contribution in [3.8, 4) is 5.75 Å². The first-order chi connectivity index (χ1) is 9.70. The summed E-state index contributed by atoms with van der Waals surface area (Å²) in [5.74, 6) is 2.32. The van der Waals surface area contributed by atoms with E-state index in [0.717, 1.165) is 49.2 Å². The summed E-state index contributed by atoms with van der Waals surface area (Å²) in [7, 11) is 0. The standard InChI is InChI=1S/C17H26ClNO/c1-3-13(2)16-12-15(18)4-5-17(16)20-11-8-14-6-9-19-10-7-14/h4-5,12-14,19H,3,6-11H2,1-2H3/t13-/m0/s1. The van der Waals surface area contributed by atoms with E-state index in [1.807, 2.05) is 12.1 Å². The largest absolute Gasteiger partial charge is 0.493 e. The first-order valence-corrected chi connectivity index (χ1v) is 8.21. The van der Waals surface area contributed by atoms with Gasteiger partial charge in [0.25, 0.3) is 0 Å². The van der Waals surface area contributed by atoms with E-state index in [4.69, 9.17) is 16.3 Å². The van der Waals surface area contributed by atoms with Crippen molar-refractivity contribution in [2.24, 2.45) is 5.92 Å². The minimum Gasteiger partial charge on any atom is -0.493 e. The van der Waals surface area contributed by atoms with Gasteiger partial charge in [-0.15, -0.1) is 0 Å². The number of hydrogen-bond acceptors (Lipinski definition) is 2. The van der Waals surface area contributed by atoms with Gasteiger partial charge in [-0.2, -0.15) is 0 Å². The van der Waals surface area contributed by atoms with E-state index in [9.17, 15) is 0 Å². The molecule has 1 aliphatic heterocycles. The first-order valence-electron chi connectivity index (χ1n) is 7.83. The lowest BCUT2D eigenvalue weighted by molar-refractivity contribution is 0.249. The molecule has 0 aromatic heterocycles. The molecule has 0 spiro atoms. The highest BCUT2D eigenvalue weighted by molar-refractivity contribution is 6.30. The molecule has 2 rings (SSSR count). The maximum Gasteiger partial charge on any atom is 0.122 e. The molecule has 1 aliphatic rings. The molecule has 0 radical (unpaired) electrons. The van der Waals surface area contributed by atoms with Crippen LogP contribution in [0, 0.1) is 5.92 Å². The van der Waals surface area contributed by atoms with E-state index in [1.54, 1.807) is 0 Å². The summed E-state index contributed by atoms with van der Waals surface area (Å²) in [4.78, 5) is 0. The number of halogens is 1. The smallest absolute Gasteiger partial charge is 0.122 e. The third-order valence-corrected chi connectivity index (χ3v) is 4.59. The molecule has 1 N–H and O–H groups in total. The molecule has 0 bridgehead atoms.